The average Bonchev–Trinajstić information content (AvgIpc) is 2.22. The number of halogens is 2. The lowest BCUT2D eigenvalue weighted by Gasteiger charge is -2.28. The van der Waals surface area contributed by atoms with Gasteiger partial charge in [-0.05, 0) is 38.1 Å². The molecule has 1 aromatic rings. The van der Waals surface area contributed by atoms with E-state index in [9.17, 15) is 13.9 Å². The number of hydrogen-bond donors (Lipinski definition) is 2. The van der Waals surface area contributed by atoms with Crippen molar-refractivity contribution in [3.63, 3.8) is 0 Å². The van der Waals surface area contributed by atoms with Gasteiger partial charge in [-0.25, -0.2) is 8.78 Å². The van der Waals surface area contributed by atoms with E-state index in [0.29, 0.717) is 12.1 Å². The first-order valence-corrected chi connectivity index (χ1v) is 6.36. The number of rotatable bonds is 6. The maximum absolute atomic E-state index is 14.0. The molecule has 3 nitrogen and oxygen atoms in total. The van der Waals surface area contributed by atoms with Crippen molar-refractivity contribution in [1.29, 1.82) is 0 Å². The lowest BCUT2D eigenvalue weighted by atomic mass is 10.1. The van der Waals surface area contributed by atoms with Crippen molar-refractivity contribution < 1.29 is 13.9 Å². The Morgan fingerprint density at radius 1 is 1.26 bits per heavy atom. The van der Waals surface area contributed by atoms with Gasteiger partial charge in [-0.2, -0.15) is 0 Å². The minimum absolute atomic E-state index is 0.109. The van der Waals surface area contributed by atoms with Crippen molar-refractivity contribution in [2.24, 2.45) is 0 Å². The van der Waals surface area contributed by atoms with Crippen LogP contribution < -0.4 is 10.2 Å². The quantitative estimate of drug-likeness (QED) is 0.834. The Morgan fingerprint density at radius 2 is 1.79 bits per heavy atom. The average molecular weight is 272 g/mol. The number of anilines is 1. The number of nitrogens with one attached hydrogen (secondary N) is 1. The molecule has 0 heterocycles. The maximum atomic E-state index is 14.0. The third-order valence-corrected chi connectivity index (χ3v) is 2.66. The fourth-order valence-corrected chi connectivity index (χ4v) is 2.01. The molecule has 0 saturated carbocycles. The van der Waals surface area contributed by atoms with Crippen LogP contribution in [0.4, 0.5) is 14.5 Å². The van der Waals surface area contributed by atoms with E-state index in [1.807, 2.05) is 6.92 Å². The van der Waals surface area contributed by atoms with E-state index in [4.69, 9.17) is 0 Å². The third-order valence-electron chi connectivity index (χ3n) is 2.66. The van der Waals surface area contributed by atoms with Crippen molar-refractivity contribution in [3.05, 3.63) is 29.3 Å². The molecule has 1 aromatic carbocycles. The Kier molecular flexibility index (Phi) is 5.26. The van der Waals surface area contributed by atoms with Gasteiger partial charge in [0, 0.05) is 20.1 Å². The van der Waals surface area contributed by atoms with Crippen molar-refractivity contribution in [1.82, 2.24) is 5.32 Å². The van der Waals surface area contributed by atoms with Gasteiger partial charge in [0.15, 0.2) is 0 Å². The highest BCUT2D eigenvalue weighted by Crippen LogP contribution is 2.25. The molecule has 0 bridgehead atoms. The monoisotopic (exact) mass is 272 g/mol. The van der Waals surface area contributed by atoms with Gasteiger partial charge in [0.05, 0.1) is 5.60 Å². The Labute approximate surface area is 113 Å². The molecule has 0 saturated heterocycles. The molecule has 0 aliphatic rings. The molecular formula is C14H22F2N2O. The fraction of sp³-hybridized carbons (Fsp3) is 0.571. The topological polar surface area (TPSA) is 35.5 Å². The lowest BCUT2D eigenvalue weighted by molar-refractivity contribution is 0.0883. The SMILES string of the molecule is CCNCc1cc(F)c(N(C)CC(C)(C)O)c(F)c1. The van der Waals surface area contributed by atoms with E-state index in [1.165, 1.54) is 17.0 Å². The largest absolute Gasteiger partial charge is 0.389 e. The molecule has 0 amide bonds. The van der Waals surface area contributed by atoms with Crippen molar-refractivity contribution >= 4 is 5.69 Å². The van der Waals surface area contributed by atoms with E-state index >= 15 is 0 Å². The number of likely N-dealkylation sites (N-methyl/N-ethyl adjacent to an activating group) is 1. The molecule has 0 fully saturated rings. The molecule has 5 heteroatoms. The van der Waals surface area contributed by atoms with Crippen molar-refractivity contribution in [3.8, 4) is 0 Å². The van der Waals surface area contributed by atoms with Crippen LogP contribution in [0.5, 0.6) is 0 Å². The summed E-state index contributed by atoms with van der Waals surface area (Å²) >= 11 is 0. The molecule has 1 rings (SSSR count). The minimum Gasteiger partial charge on any atom is -0.389 e. The standard InChI is InChI=1S/C14H22F2N2O/c1-5-17-8-10-6-11(15)13(12(16)7-10)18(4)9-14(2,3)19/h6-7,17,19H,5,8-9H2,1-4H3. The number of hydrogen-bond acceptors (Lipinski definition) is 3. The van der Waals surface area contributed by atoms with Gasteiger partial charge in [-0.3, -0.25) is 0 Å². The highest BCUT2D eigenvalue weighted by molar-refractivity contribution is 5.50. The van der Waals surface area contributed by atoms with E-state index in [2.05, 4.69) is 5.32 Å². The van der Waals surface area contributed by atoms with E-state index < -0.39 is 17.2 Å². The third kappa shape index (κ3) is 4.76. The number of aliphatic hydroxyl groups is 1. The first-order chi connectivity index (χ1) is 8.74. The van der Waals surface area contributed by atoms with Crippen molar-refractivity contribution in [2.75, 3.05) is 25.0 Å². The summed E-state index contributed by atoms with van der Waals surface area (Å²) in [6.07, 6.45) is 0. The van der Waals surface area contributed by atoms with Gasteiger partial charge >= 0.3 is 0 Å². The van der Waals surface area contributed by atoms with Crippen LogP contribution in [0.1, 0.15) is 26.3 Å². The van der Waals surface area contributed by atoms with Crippen LogP contribution in [0.2, 0.25) is 0 Å². The van der Waals surface area contributed by atoms with Gasteiger partial charge < -0.3 is 15.3 Å². The fourth-order valence-electron chi connectivity index (χ4n) is 2.01. The summed E-state index contributed by atoms with van der Waals surface area (Å²) in [5.41, 5.74) is -0.560. The zero-order valence-electron chi connectivity index (χ0n) is 11.9. The predicted octanol–water partition coefficient (Wildman–Crippen LogP) is 2.28. The van der Waals surface area contributed by atoms with E-state index in [-0.39, 0.29) is 12.2 Å². The van der Waals surface area contributed by atoms with Crippen LogP contribution in [0, 0.1) is 11.6 Å². The van der Waals surface area contributed by atoms with Gasteiger partial charge in [-0.1, -0.05) is 6.92 Å². The van der Waals surface area contributed by atoms with Crippen molar-refractivity contribution in [2.45, 2.75) is 32.9 Å². The molecule has 0 spiro atoms. The summed E-state index contributed by atoms with van der Waals surface area (Å²) in [5.74, 6) is -1.22. The Morgan fingerprint density at radius 3 is 2.21 bits per heavy atom. The molecule has 108 valence electrons. The minimum atomic E-state index is -1.02. The zero-order valence-corrected chi connectivity index (χ0v) is 11.9. The van der Waals surface area contributed by atoms with Gasteiger partial charge in [-0.15, -0.1) is 0 Å². The Balaban J connectivity index is 2.96. The van der Waals surface area contributed by atoms with Gasteiger partial charge in [0.1, 0.15) is 17.3 Å². The van der Waals surface area contributed by atoms with Crippen LogP contribution in [-0.2, 0) is 6.54 Å². The summed E-state index contributed by atoms with van der Waals surface area (Å²) in [4.78, 5) is 1.39. The Hall–Kier alpha value is -1.20. The normalized spacial score (nSPS) is 11.7. The first kappa shape index (κ1) is 15.9. The van der Waals surface area contributed by atoms with Crippen LogP contribution in [0.25, 0.3) is 0 Å². The molecule has 0 unspecified atom stereocenters. The van der Waals surface area contributed by atoms with E-state index in [1.54, 1.807) is 20.9 Å². The molecule has 19 heavy (non-hydrogen) atoms. The first-order valence-electron chi connectivity index (χ1n) is 6.36. The second-order valence-corrected chi connectivity index (χ2v) is 5.36. The molecule has 0 aromatic heterocycles. The van der Waals surface area contributed by atoms with Crippen LogP contribution in [0.15, 0.2) is 12.1 Å². The summed E-state index contributed by atoms with van der Waals surface area (Å²) in [6.45, 7) is 6.44. The second kappa shape index (κ2) is 6.30. The maximum Gasteiger partial charge on any atom is 0.149 e. The highest BCUT2D eigenvalue weighted by Gasteiger charge is 2.21. The second-order valence-electron chi connectivity index (χ2n) is 5.36. The molecule has 0 radical (unpaired) electrons. The number of nitrogens with zero attached hydrogens (tertiary/aromatic N) is 1. The lowest BCUT2D eigenvalue weighted by Crippen LogP contribution is -2.37. The molecule has 0 atom stereocenters. The molecule has 2 N–H and O–H groups in total. The van der Waals surface area contributed by atoms with Crippen LogP contribution in [-0.4, -0.2) is 30.8 Å². The molecular weight excluding hydrogens is 250 g/mol. The van der Waals surface area contributed by atoms with Gasteiger partial charge in [0.2, 0.25) is 0 Å². The summed E-state index contributed by atoms with van der Waals surface area (Å²) < 4.78 is 27.9. The Bertz CT molecular complexity index is 407. The summed E-state index contributed by atoms with van der Waals surface area (Å²) in [6, 6.07) is 2.64. The smallest absolute Gasteiger partial charge is 0.149 e. The predicted molar refractivity (Wildman–Crippen MR) is 73.3 cm³/mol. The molecule has 0 aliphatic carbocycles. The van der Waals surface area contributed by atoms with Crippen LogP contribution >= 0.6 is 0 Å². The van der Waals surface area contributed by atoms with E-state index in [0.717, 1.165) is 6.54 Å². The highest BCUT2D eigenvalue weighted by atomic mass is 19.1. The van der Waals surface area contributed by atoms with Gasteiger partial charge in [0.25, 0.3) is 0 Å². The number of benzene rings is 1. The summed E-state index contributed by atoms with van der Waals surface area (Å²) in [7, 11) is 1.56. The summed E-state index contributed by atoms with van der Waals surface area (Å²) in [5, 5.41) is 12.7. The zero-order chi connectivity index (χ0) is 14.6. The van der Waals surface area contributed by atoms with Crippen LogP contribution in [0.3, 0.4) is 0 Å². The molecule has 0 aliphatic heterocycles.